The van der Waals surface area contributed by atoms with E-state index in [1.807, 2.05) is 6.07 Å². The van der Waals surface area contributed by atoms with Gasteiger partial charge in [0.2, 0.25) is 11.8 Å². The lowest BCUT2D eigenvalue weighted by Crippen LogP contribution is -2.46. The number of anilines is 1. The van der Waals surface area contributed by atoms with Crippen molar-refractivity contribution in [2.45, 2.75) is 12.5 Å². The van der Waals surface area contributed by atoms with Gasteiger partial charge in [0.15, 0.2) is 0 Å². The van der Waals surface area contributed by atoms with Gasteiger partial charge in [-0.25, -0.2) is 0 Å². The lowest BCUT2D eigenvalue weighted by Gasteiger charge is -2.16. The normalized spacial score (nSPS) is 11.9. The van der Waals surface area contributed by atoms with E-state index in [0.717, 1.165) is 16.5 Å². The number of carbonyl (C=O) groups is 2. The molecular formula is C17H17N5O3. The molecular weight excluding hydrogens is 322 g/mol. The molecule has 2 heterocycles. The van der Waals surface area contributed by atoms with Gasteiger partial charge in [0.25, 0.3) is 0 Å². The third-order valence-corrected chi connectivity index (χ3v) is 3.66. The predicted molar refractivity (Wildman–Crippen MR) is 91.7 cm³/mol. The number of aromatic nitrogens is 3. The summed E-state index contributed by atoms with van der Waals surface area (Å²) in [6, 6.07) is 7.66. The summed E-state index contributed by atoms with van der Waals surface area (Å²) in [5.74, 6) is -0.853. The van der Waals surface area contributed by atoms with Gasteiger partial charge in [-0.15, -0.1) is 0 Å². The molecule has 1 unspecified atom stereocenters. The van der Waals surface area contributed by atoms with Gasteiger partial charge in [-0.05, 0) is 35.9 Å². The molecule has 0 spiro atoms. The van der Waals surface area contributed by atoms with Crippen molar-refractivity contribution < 1.29 is 14.7 Å². The maximum atomic E-state index is 12.3. The van der Waals surface area contributed by atoms with Gasteiger partial charge in [-0.1, -0.05) is 0 Å². The minimum atomic E-state index is -1.04. The fourth-order valence-electron chi connectivity index (χ4n) is 2.37. The van der Waals surface area contributed by atoms with Crippen molar-refractivity contribution in [2.75, 3.05) is 11.9 Å². The largest absolute Gasteiger partial charge is 0.394 e. The smallest absolute Gasteiger partial charge is 0.249 e. The number of aliphatic hydroxyl groups is 1. The fraction of sp³-hybridized carbons (Fsp3) is 0.176. The van der Waals surface area contributed by atoms with Crippen LogP contribution in [0.3, 0.4) is 0 Å². The third-order valence-electron chi connectivity index (χ3n) is 3.66. The van der Waals surface area contributed by atoms with Crippen LogP contribution in [0, 0.1) is 0 Å². The topological polar surface area (TPSA) is 120 Å². The molecule has 0 bridgehead atoms. The first-order chi connectivity index (χ1) is 12.2. The minimum Gasteiger partial charge on any atom is -0.394 e. The molecule has 0 fully saturated rings. The number of nitrogens with zero attached hydrogens (tertiary/aromatic N) is 2. The number of fused-ring (bicyclic) bond motifs is 1. The van der Waals surface area contributed by atoms with E-state index in [4.69, 9.17) is 0 Å². The second-order valence-corrected chi connectivity index (χ2v) is 5.50. The zero-order valence-corrected chi connectivity index (χ0v) is 13.3. The van der Waals surface area contributed by atoms with E-state index in [9.17, 15) is 14.7 Å². The van der Waals surface area contributed by atoms with Crippen LogP contribution >= 0.6 is 0 Å². The Morgan fingerprint density at radius 2 is 2.00 bits per heavy atom. The second kappa shape index (κ2) is 7.54. The molecule has 3 aromatic rings. The highest BCUT2D eigenvalue weighted by Crippen LogP contribution is 2.16. The molecule has 8 heteroatoms. The van der Waals surface area contributed by atoms with Gasteiger partial charge in [0.05, 0.1) is 24.7 Å². The Bertz CT molecular complexity index is 878. The molecule has 2 aromatic heterocycles. The highest BCUT2D eigenvalue weighted by molar-refractivity contribution is 5.98. The summed E-state index contributed by atoms with van der Waals surface area (Å²) < 4.78 is 0. The maximum absolute atomic E-state index is 12.3. The van der Waals surface area contributed by atoms with Crippen LogP contribution in [0.2, 0.25) is 0 Å². The number of benzene rings is 1. The van der Waals surface area contributed by atoms with Crippen LogP contribution in [0.15, 0.2) is 48.9 Å². The second-order valence-electron chi connectivity index (χ2n) is 5.50. The molecule has 0 saturated heterocycles. The SMILES string of the molecule is O=C(Cc1ccncc1)NC(CO)C(=O)Nc1ccc2cn[nH]c2c1. The molecule has 1 atom stereocenters. The Balaban J connectivity index is 1.61. The zero-order valence-electron chi connectivity index (χ0n) is 13.3. The summed E-state index contributed by atoms with van der Waals surface area (Å²) in [6.45, 7) is -0.500. The van der Waals surface area contributed by atoms with Crippen molar-refractivity contribution in [3.63, 3.8) is 0 Å². The first-order valence-electron chi connectivity index (χ1n) is 7.69. The fourth-order valence-corrected chi connectivity index (χ4v) is 2.37. The van der Waals surface area contributed by atoms with Crippen molar-refractivity contribution in [2.24, 2.45) is 0 Å². The summed E-state index contributed by atoms with van der Waals surface area (Å²) >= 11 is 0. The van der Waals surface area contributed by atoms with Crippen molar-refractivity contribution in [3.8, 4) is 0 Å². The summed E-state index contributed by atoms with van der Waals surface area (Å²) in [4.78, 5) is 28.2. The molecule has 0 saturated carbocycles. The van der Waals surface area contributed by atoms with E-state index < -0.39 is 18.6 Å². The van der Waals surface area contributed by atoms with E-state index >= 15 is 0 Å². The monoisotopic (exact) mass is 339 g/mol. The quantitative estimate of drug-likeness (QED) is 0.525. The van der Waals surface area contributed by atoms with E-state index in [-0.39, 0.29) is 12.3 Å². The van der Waals surface area contributed by atoms with Crippen molar-refractivity contribution in [3.05, 3.63) is 54.5 Å². The molecule has 0 aliphatic carbocycles. The first-order valence-corrected chi connectivity index (χ1v) is 7.69. The van der Waals surface area contributed by atoms with Gasteiger partial charge in [0, 0.05) is 23.5 Å². The highest BCUT2D eigenvalue weighted by Gasteiger charge is 2.20. The van der Waals surface area contributed by atoms with Crippen LogP contribution in [-0.2, 0) is 16.0 Å². The van der Waals surface area contributed by atoms with Gasteiger partial charge in [-0.3, -0.25) is 19.7 Å². The van der Waals surface area contributed by atoms with Crippen LogP contribution in [0.5, 0.6) is 0 Å². The predicted octanol–water partition coefficient (Wildman–Crippen LogP) is 0.616. The third kappa shape index (κ3) is 4.18. The van der Waals surface area contributed by atoms with E-state index in [0.29, 0.717) is 5.69 Å². The number of rotatable bonds is 6. The lowest BCUT2D eigenvalue weighted by atomic mass is 10.1. The van der Waals surface area contributed by atoms with Crippen molar-refractivity contribution in [1.29, 1.82) is 0 Å². The van der Waals surface area contributed by atoms with Gasteiger partial charge in [-0.2, -0.15) is 5.10 Å². The molecule has 25 heavy (non-hydrogen) atoms. The number of amides is 2. The number of hydrogen-bond donors (Lipinski definition) is 4. The molecule has 1 aromatic carbocycles. The molecule has 4 N–H and O–H groups in total. The molecule has 128 valence electrons. The molecule has 3 rings (SSSR count). The standard InChI is InChI=1S/C17H17N5O3/c23-10-15(21-16(24)7-11-3-5-18-6-4-11)17(25)20-13-2-1-12-9-19-22-14(12)8-13/h1-6,8-9,15,23H,7,10H2,(H,19,22)(H,20,25)(H,21,24). The van der Waals surface area contributed by atoms with Crippen LogP contribution < -0.4 is 10.6 Å². The number of aliphatic hydroxyl groups excluding tert-OH is 1. The average molecular weight is 339 g/mol. The molecule has 2 amide bonds. The van der Waals surface area contributed by atoms with Gasteiger partial charge >= 0.3 is 0 Å². The van der Waals surface area contributed by atoms with Crippen LogP contribution in [0.25, 0.3) is 10.9 Å². The number of hydrogen-bond acceptors (Lipinski definition) is 5. The Morgan fingerprint density at radius 1 is 1.20 bits per heavy atom. The minimum absolute atomic E-state index is 0.104. The van der Waals surface area contributed by atoms with Crippen LogP contribution in [0.1, 0.15) is 5.56 Å². The van der Waals surface area contributed by atoms with Crippen LogP contribution in [-0.4, -0.2) is 44.8 Å². The Labute approximate surface area is 143 Å². The molecule has 8 nitrogen and oxygen atoms in total. The molecule has 0 aliphatic heterocycles. The Hall–Kier alpha value is -3.26. The summed E-state index contributed by atoms with van der Waals surface area (Å²) in [7, 11) is 0. The number of aromatic amines is 1. The van der Waals surface area contributed by atoms with E-state index in [1.54, 1.807) is 42.9 Å². The number of H-pyrrole nitrogens is 1. The van der Waals surface area contributed by atoms with Gasteiger partial charge < -0.3 is 15.7 Å². The number of carbonyl (C=O) groups excluding carboxylic acids is 2. The zero-order chi connectivity index (χ0) is 17.6. The number of pyridine rings is 1. The maximum Gasteiger partial charge on any atom is 0.249 e. The van der Waals surface area contributed by atoms with Crippen molar-refractivity contribution in [1.82, 2.24) is 20.5 Å². The van der Waals surface area contributed by atoms with E-state index in [2.05, 4.69) is 25.8 Å². The van der Waals surface area contributed by atoms with Gasteiger partial charge in [0.1, 0.15) is 6.04 Å². The summed E-state index contributed by atoms with van der Waals surface area (Å²) in [6.07, 6.45) is 4.96. The highest BCUT2D eigenvalue weighted by atomic mass is 16.3. The molecule has 0 radical (unpaired) electrons. The Morgan fingerprint density at radius 3 is 2.76 bits per heavy atom. The molecule has 0 aliphatic rings. The van der Waals surface area contributed by atoms with Crippen molar-refractivity contribution >= 4 is 28.4 Å². The lowest BCUT2D eigenvalue weighted by molar-refractivity contribution is -0.126. The first kappa shape index (κ1) is 16.6. The van der Waals surface area contributed by atoms with E-state index in [1.165, 1.54) is 0 Å². The summed E-state index contributed by atoms with van der Waals surface area (Å²) in [5, 5.41) is 22.3. The average Bonchev–Trinajstić information content (AvgIpc) is 3.08. The Kier molecular flexibility index (Phi) is 5.00. The summed E-state index contributed by atoms with van der Waals surface area (Å²) in [5.41, 5.74) is 2.10. The number of nitrogens with one attached hydrogen (secondary N) is 3. The van der Waals surface area contributed by atoms with Crippen LogP contribution in [0.4, 0.5) is 5.69 Å².